The lowest BCUT2D eigenvalue weighted by Gasteiger charge is -2.14. The molecule has 0 saturated carbocycles. The van der Waals surface area contributed by atoms with Gasteiger partial charge in [-0.25, -0.2) is 4.79 Å². The Balaban J connectivity index is 1.99. The lowest BCUT2D eigenvalue weighted by molar-refractivity contribution is -0.119. The molecule has 8 nitrogen and oxygen atoms in total. The fraction of sp³-hybridized carbons (Fsp3) is 0.348. The van der Waals surface area contributed by atoms with Crippen LogP contribution in [0.1, 0.15) is 41.0 Å². The normalized spacial score (nSPS) is 10.3. The topological polar surface area (TPSA) is 94.2 Å². The van der Waals surface area contributed by atoms with Crippen LogP contribution >= 0.6 is 11.6 Å². The van der Waals surface area contributed by atoms with Crippen molar-refractivity contribution >= 4 is 35.1 Å². The molecule has 9 heteroatoms. The van der Waals surface area contributed by atoms with Crippen LogP contribution in [0.15, 0.2) is 36.4 Å². The van der Waals surface area contributed by atoms with Gasteiger partial charge in [-0.1, -0.05) is 18.5 Å². The highest BCUT2D eigenvalue weighted by molar-refractivity contribution is 6.32. The second-order valence-corrected chi connectivity index (χ2v) is 7.38. The minimum atomic E-state index is -0.725. The van der Waals surface area contributed by atoms with Crippen LogP contribution in [0.2, 0.25) is 5.02 Å². The third kappa shape index (κ3) is 6.88. The minimum absolute atomic E-state index is 0.140. The summed E-state index contributed by atoms with van der Waals surface area (Å²) in [7, 11) is 3.31. The van der Waals surface area contributed by atoms with E-state index < -0.39 is 18.5 Å². The average molecular weight is 463 g/mol. The zero-order valence-electron chi connectivity index (χ0n) is 18.6. The molecule has 0 aliphatic heterocycles. The number of halogens is 1. The van der Waals surface area contributed by atoms with E-state index in [1.54, 1.807) is 45.3 Å². The van der Waals surface area contributed by atoms with Crippen LogP contribution in [0.5, 0.6) is 11.5 Å². The third-order valence-corrected chi connectivity index (χ3v) is 4.43. The lowest BCUT2D eigenvalue weighted by atomic mass is 10.2. The molecule has 0 unspecified atom stereocenters. The highest BCUT2D eigenvalue weighted by atomic mass is 35.5. The molecule has 0 aromatic heterocycles. The van der Waals surface area contributed by atoms with Gasteiger partial charge in [0.15, 0.2) is 18.1 Å². The number of amides is 2. The van der Waals surface area contributed by atoms with Gasteiger partial charge in [0.25, 0.3) is 11.8 Å². The molecule has 0 fully saturated rings. The summed E-state index contributed by atoms with van der Waals surface area (Å²) in [5.74, 6) is -0.702. The van der Waals surface area contributed by atoms with E-state index in [0.29, 0.717) is 36.0 Å². The fourth-order valence-corrected chi connectivity index (χ4v) is 2.92. The highest BCUT2D eigenvalue weighted by Crippen LogP contribution is 2.37. The van der Waals surface area contributed by atoms with Gasteiger partial charge in [-0.2, -0.15) is 0 Å². The summed E-state index contributed by atoms with van der Waals surface area (Å²) >= 11 is 6.26. The van der Waals surface area contributed by atoms with Gasteiger partial charge in [0.2, 0.25) is 0 Å². The van der Waals surface area contributed by atoms with E-state index in [4.69, 9.17) is 25.8 Å². The number of benzene rings is 2. The molecule has 1 N–H and O–H groups in total. The van der Waals surface area contributed by atoms with Crippen LogP contribution < -0.4 is 14.8 Å². The van der Waals surface area contributed by atoms with Crippen molar-refractivity contribution < 1.29 is 28.6 Å². The van der Waals surface area contributed by atoms with E-state index in [0.717, 1.165) is 6.42 Å². The van der Waals surface area contributed by atoms with Crippen LogP contribution in [0.3, 0.4) is 0 Å². The van der Waals surface area contributed by atoms with Gasteiger partial charge in [0.05, 0.1) is 23.8 Å². The predicted molar refractivity (Wildman–Crippen MR) is 122 cm³/mol. The second-order valence-electron chi connectivity index (χ2n) is 6.97. The molecule has 0 atom stereocenters. The number of hydrogen-bond donors (Lipinski definition) is 1. The second kappa shape index (κ2) is 12.0. The Labute approximate surface area is 192 Å². The standard InChI is InChI=1S/C23H27ClN2O6/c1-5-11-31-21-18(24)12-16(13-19(21)30-6-2)23(29)32-14-20(27)25-17-9-7-15(8-10-17)22(28)26(3)4/h7-10,12-13H,5-6,11,14H2,1-4H3,(H,25,27). The molecule has 2 amide bonds. The molecule has 0 bridgehead atoms. The van der Waals surface area contributed by atoms with Crippen molar-refractivity contribution in [2.45, 2.75) is 20.3 Å². The molecule has 0 heterocycles. The summed E-state index contributed by atoms with van der Waals surface area (Å²) in [6.07, 6.45) is 0.787. The van der Waals surface area contributed by atoms with Gasteiger partial charge in [-0.15, -0.1) is 0 Å². The van der Waals surface area contributed by atoms with Crippen molar-refractivity contribution in [2.24, 2.45) is 0 Å². The van der Waals surface area contributed by atoms with Crippen molar-refractivity contribution in [3.05, 3.63) is 52.5 Å². The number of nitrogens with zero attached hydrogens (tertiary/aromatic N) is 1. The zero-order valence-corrected chi connectivity index (χ0v) is 19.3. The van der Waals surface area contributed by atoms with Crippen LogP contribution in [0.25, 0.3) is 0 Å². The molecule has 0 spiro atoms. The number of ether oxygens (including phenoxy) is 3. The maximum absolute atomic E-state index is 12.4. The van der Waals surface area contributed by atoms with Crippen LogP contribution in [0.4, 0.5) is 5.69 Å². The molecule has 172 valence electrons. The Morgan fingerprint density at radius 2 is 1.69 bits per heavy atom. The van der Waals surface area contributed by atoms with Gasteiger partial charge < -0.3 is 24.4 Å². The monoisotopic (exact) mass is 462 g/mol. The molecule has 0 aliphatic carbocycles. The highest BCUT2D eigenvalue weighted by Gasteiger charge is 2.18. The quantitative estimate of drug-likeness (QED) is 0.536. The van der Waals surface area contributed by atoms with Gasteiger partial charge in [0.1, 0.15) is 0 Å². The summed E-state index contributed by atoms with van der Waals surface area (Å²) in [6.45, 7) is 4.08. The molecule has 0 aliphatic rings. The molecule has 32 heavy (non-hydrogen) atoms. The summed E-state index contributed by atoms with van der Waals surface area (Å²) in [6, 6.07) is 9.28. The molecular formula is C23H27ClN2O6. The molecule has 2 rings (SSSR count). The first kappa shape index (κ1) is 25.0. The molecule has 2 aromatic rings. The summed E-state index contributed by atoms with van der Waals surface area (Å²) in [5, 5.41) is 2.82. The largest absolute Gasteiger partial charge is 0.490 e. The Bertz CT molecular complexity index is 960. The number of nitrogens with one attached hydrogen (secondary N) is 1. The third-order valence-electron chi connectivity index (χ3n) is 4.15. The Morgan fingerprint density at radius 1 is 1.00 bits per heavy atom. The maximum Gasteiger partial charge on any atom is 0.338 e. The number of esters is 1. The van der Waals surface area contributed by atoms with Gasteiger partial charge in [-0.3, -0.25) is 9.59 Å². The predicted octanol–water partition coefficient (Wildman–Crippen LogP) is 4.02. The smallest absolute Gasteiger partial charge is 0.338 e. The van der Waals surface area contributed by atoms with Crippen LogP contribution in [-0.4, -0.2) is 56.6 Å². The summed E-state index contributed by atoms with van der Waals surface area (Å²) in [5.41, 5.74) is 1.11. The van der Waals surface area contributed by atoms with Crippen LogP contribution in [-0.2, 0) is 9.53 Å². The number of anilines is 1. The first-order valence-corrected chi connectivity index (χ1v) is 10.5. The van der Waals surface area contributed by atoms with E-state index in [1.165, 1.54) is 17.0 Å². The number of rotatable bonds is 10. The van der Waals surface area contributed by atoms with E-state index in [-0.39, 0.29) is 16.5 Å². The lowest BCUT2D eigenvalue weighted by Crippen LogP contribution is -2.22. The first-order chi connectivity index (χ1) is 15.3. The first-order valence-electron chi connectivity index (χ1n) is 10.1. The molecule has 0 saturated heterocycles. The SMILES string of the molecule is CCCOc1c(Cl)cc(C(=O)OCC(=O)Nc2ccc(C(=O)N(C)C)cc2)cc1OCC. The van der Waals surface area contributed by atoms with Gasteiger partial charge in [-0.05, 0) is 49.7 Å². The number of hydrogen-bond acceptors (Lipinski definition) is 6. The Kier molecular flexibility index (Phi) is 9.34. The van der Waals surface area contributed by atoms with E-state index in [2.05, 4.69) is 5.32 Å². The van der Waals surface area contributed by atoms with Crippen molar-refractivity contribution in [3.8, 4) is 11.5 Å². The van der Waals surface area contributed by atoms with Gasteiger partial charge in [0, 0.05) is 25.3 Å². The van der Waals surface area contributed by atoms with Crippen molar-refractivity contribution in [1.82, 2.24) is 4.90 Å². The Hall–Kier alpha value is -3.26. The van der Waals surface area contributed by atoms with E-state index in [1.807, 2.05) is 6.92 Å². The number of carbonyl (C=O) groups is 3. The van der Waals surface area contributed by atoms with E-state index in [9.17, 15) is 14.4 Å². The van der Waals surface area contributed by atoms with Crippen molar-refractivity contribution in [1.29, 1.82) is 0 Å². The molecule has 0 radical (unpaired) electrons. The summed E-state index contributed by atoms with van der Waals surface area (Å²) < 4.78 is 16.2. The average Bonchev–Trinajstić information content (AvgIpc) is 2.77. The molecular weight excluding hydrogens is 436 g/mol. The zero-order chi connectivity index (χ0) is 23.7. The Morgan fingerprint density at radius 3 is 2.28 bits per heavy atom. The van der Waals surface area contributed by atoms with Crippen molar-refractivity contribution in [2.75, 3.05) is 39.2 Å². The van der Waals surface area contributed by atoms with Crippen molar-refractivity contribution in [3.63, 3.8) is 0 Å². The number of carbonyl (C=O) groups excluding carboxylic acids is 3. The van der Waals surface area contributed by atoms with Gasteiger partial charge >= 0.3 is 5.97 Å². The maximum atomic E-state index is 12.4. The van der Waals surface area contributed by atoms with E-state index >= 15 is 0 Å². The fourth-order valence-electron chi connectivity index (χ4n) is 2.66. The van der Waals surface area contributed by atoms with Crippen LogP contribution in [0, 0.1) is 0 Å². The minimum Gasteiger partial charge on any atom is -0.490 e. The molecule has 2 aromatic carbocycles. The summed E-state index contributed by atoms with van der Waals surface area (Å²) in [4.78, 5) is 37.9.